The molecule has 3 rings (SSSR count). The molecule has 1 aromatic heterocycles. The van der Waals surface area contributed by atoms with E-state index in [1.807, 2.05) is 12.3 Å². The highest BCUT2D eigenvalue weighted by atomic mass is 127. The van der Waals surface area contributed by atoms with Crippen molar-refractivity contribution < 1.29 is 4.74 Å². The second-order valence-electron chi connectivity index (χ2n) is 6.43. The summed E-state index contributed by atoms with van der Waals surface area (Å²) in [7, 11) is 0. The van der Waals surface area contributed by atoms with E-state index in [0.717, 1.165) is 56.7 Å². The SMILES string of the molecule is CC1CCN(C(N)=NCc2cccnc2N2CCOCC2)CC1.I. The molecule has 0 spiro atoms. The number of halogens is 1. The zero-order chi connectivity index (χ0) is 16.1. The first-order valence-corrected chi connectivity index (χ1v) is 8.55. The van der Waals surface area contributed by atoms with Gasteiger partial charge < -0.3 is 20.3 Å². The summed E-state index contributed by atoms with van der Waals surface area (Å²) < 4.78 is 5.42. The van der Waals surface area contributed by atoms with Gasteiger partial charge in [-0.2, -0.15) is 0 Å². The summed E-state index contributed by atoms with van der Waals surface area (Å²) >= 11 is 0. The Morgan fingerprint density at radius 3 is 2.71 bits per heavy atom. The molecule has 134 valence electrons. The first kappa shape index (κ1) is 19.2. The Morgan fingerprint density at radius 1 is 1.29 bits per heavy atom. The average molecular weight is 445 g/mol. The Hall–Kier alpha value is -1.09. The lowest BCUT2D eigenvalue weighted by Gasteiger charge is -2.31. The monoisotopic (exact) mass is 445 g/mol. The maximum atomic E-state index is 6.19. The first-order valence-electron chi connectivity index (χ1n) is 8.55. The third-order valence-electron chi connectivity index (χ3n) is 4.70. The molecule has 0 radical (unpaired) electrons. The van der Waals surface area contributed by atoms with E-state index >= 15 is 0 Å². The molecule has 2 aliphatic rings. The molecule has 0 bridgehead atoms. The van der Waals surface area contributed by atoms with E-state index in [0.29, 0.717) is 12.5 Å². The van der Waals surface area contributed by atoms with Gasteiger partial charge in [0.1, 0.15) is 5.82 Å². The van der Waals surface area contributed by atoms with Crippen LogP contribution < -0.4 is 10.6 Å². The lowest BCUT2D eigenvalue weighted by Crippen LogP contribution is -2.42. The molecule has 6 nitrogen and oxygen atoms in total. The van der Waals surface area contributed by atoms with Gasteiger partial charge in [0, 0.05) is 37.9 Å². The molecule has 2 N–H and O–H groups in total. The number of anilines is 1. The lowest BCUT2D eigenvalue weighted by molar-refractivity contribution is 0.122. The van der Waals surface area contributed by atoms with Gasteiger partial charge >= 0.3 is 0 Å². The van der Waals surface area contributed by atoms with Gasteiger partial charge in [0.05, 0.1) is 19.8 Å². The molecule has 0 unspecified atom stereocenters. The normalized spacial score (nSPS) is 20.0. The van der Waals surface area contributed by atoms with Gasteiger partial charge in [-0.1, -0.05) is 13.0 Å². The van der Waals surface area contributed by atoms with Crippen LogP contribution in [0, 0.1) is 5.92 Å². The second kappa shape index (κ2) is 9.41. The van der Waals surface area contributed by atoms with Gasteiger partial charge in [-0.25, -0.2) is 9.98 Å². The zero-order valence-electron chi connectivity index (χ0n) is 14.4. The van der Waals surface area contributed by atoms with Crippen LogP contribution in [-0.4, -0.2) is 55.2 Å². The van der Waals surface area contributed by atoms with E-state index in [1.54, 1.807) is 0 Å². The van der Waals surface area contributed by atoms with Crippen molar-refractivity contribution in [3.05, 3.63) is 23.9 Å². The Morgan fingerprint density at radius 2 is 2.00 bits per heavy atom. The average Bonchev–Trinajstić information content (AvgIpc) is 2.61. The number of hydrogen-bond acceptors (Lipinski definition) is 4. The number of guanidine groups is 1. The third kappa shape index (κ3) is 4.95. The van der Waals surface area contributed by atoms with Crippen LogP contribution in [0.25, 0.3) is 0 Å². The van der Waals surface area contributed by atoms with E-state index in [9.17, 15) is 0 Å². The lowest BCUT2D eigenvalue weighted by atomic mass is 10.00. The van der Waals surface area contributed by atoms with E-state index in [-0.39, 0.29) is 24.0 Å². The summed E-state index contributed by atoms with van der Waals surface area (Å²) in [6, 6.07) is 4.06. The topological polar surface area (TPSA) is 67.0 Å². The number of likely N-dealkylation sites (tertiary alicyclic amines) is 1. The number of piperidine rings is 1. The Labute approximate surface area is 161 Å². The number of pyridine rings is 1. The molecular weight excluding hydrogens is 417 g/mol. The number of ether oxygens (including phenoxy) is 1. The van der Waals surface area contributed by atoms with Gasteiger partial charge in [0.2, 0.25) is 0 Å². The number of aliphatic imine (C=N–C) groups is 1. The van der Waals surface area contributed by atoms with Gasteiger partial charge in [0.15, 0.2) is 5.96 Å². The van der Waals surface area contributed by atoms with Crippen LogP contribution in [-0.2, 0) is 11.3 Å². The van der Waals surface area contributed by atoms with Gasteiger partial charge in [0.25, 0.3) is 0 Å². The van der Waals surface area contributed by atoms with Crippen LogP contribution in [0.1, 0.15) is 25.3 Å². The smallest absolute Gasteiger partial charge is 0.191 e. The van der Waals surface area contributed by atoms with Crippen molar-refractivity contribution in [1.29, 1.82) is 0 Å². The quantitative estimate of drug-likeness (QED) is 0.439. The van der Waals surface area contributed by atoms with E-state index in [1.165, 1.54) is 12.8 Å². The van der Waals surface area contributed by atoms with E-state index in [2.05, 4.69) is 32.8 Å². The molecule has 0 atom stereocenters. The number of nitrogens with two attached hydrogens (primary N) is 1. The highest BCUT2D eigenvalue weighted by molar-refractivity contribution is 14.0. The van der Waals surface area contributed by atoms with Crippen molar-refractivity contribution in [1.82, 2.24) is 9.88 Å². The highest BCUT2D eigenvalue weighted by Gasteiger charge is 2.18. The van der Waals surface area contributed by atoms with Gasteiger partial charge in [-0.05, 0) is 24.8 Å². The number of rotatable bonds is 3. The van der Waals surface area contributed by atoms with Crippen molar-refractivity contribution in [3.63, 3.8) is 0 Å². The minimum absolute atomic E-state index is 0. The van der Waals surface area contributed by atoms with Crippen molar-refractivity contribution in [2.24, 2.45) is 16.6 Å². The number of nitrogens with zero attached hydrogens (tertiary/aromatic N) is 4. The molecule has 0 saturated carbocycles. The van der Waals surface area contributed by atoms with Gasteiger partial charge in [-0.3, -0.25) is 0 Å². The minimum atomic E-state index is 0. The second-order valence-corrected chi connectivity index (χ2v) is 6.43. The molecule has 2 aliphatic heterocycles. The largest absolute Gasteiger partial charge is 0.378 e. The summed E-state index contributed by atoms with van der Waals surface area (Å²) in [4.78, 5) is 13.6. The molecule has 3 heterocycles. The summed E-state index contributed by atoms with van der Waals surface area (Å²) in [6.07, 6.45) is 4.23. The first-order chi connectivity index (χ1) is 11.2. The third-order valence-corrected chi connectivity index (χ3v) is 4.70. The number of morpholine rings is 1. The molecule has 2 fully saturated rings. The summed E-state index contributed by atoms with van der Waals surface area (Å²) in [5.74, 6) is 2.47. The fraction of sp³-hybridized carbons (Fsp3) is 0.647. The van der Waals surface area contributed by atoms with Crippen LogP contribution in [0.3, 0.4) is 0 Å². The predicted molar refractivity (Wildman–Crippen MR) is 108 cm³/mol. The predicted octanol–water partition coefficient (Wildman–Crippen LogP) is 2.08. The van der Waals surface area contributed by atoms with E-state index in [4.69, 9.17) is 10.5 Å². The Kier molecular flexibility index (Phi) is 7.54. The maximum Gasteiger partial charge on any atom is 0.191 e. The van der Waals surface area contributed by atoms with Gasteiger partial charge in [-0.15, -0.1) is 24.0 Å². The van der Waals surface area contributed by atoms with Crippen LogP contribution in [0.5, 0.6) is 0 Å². The fourth-order valence-corrected chi connectivity index (χ4v) is 3.12. The number of hydrogen-bond donors (Lipinski definition) is 1. The molecule has 0 amide bonds. The van der Waals surface area contributed by atoms with Crippen molar-refractivity contribution in [2.45, 2.75) is 26.3 Å². The summed E-state index contributed by atoms with van der Waals surface area (Å²) in [5.41, 5.74) is 7.32. The zero-order valence-corrected chi connectivity index (χ0v) is 16.7. The minimum Gasteiger partial charge on any atom is -0.378 e. The van der Waals surface area contributed by atoms with Crippen molar-refractivity contribution in [3.8, 4) is 0 Å². The van der Waals surface area contributed by atoms with E-state index < -0.39 is 0 Å². The summed E-state index contributed by atoms with van der Waals surface area (Å²) in [5, 5.41) is 0. The Balaban J connectivity index is 0.00000208. The standard InChI is InChI=1S/C17H27N5O.HI/c1-14-4-7-22(8-5-14)17(18)20-13-15-3-2-6-19-16(15)21-9-11-23-12-10-21;/h2-3,6,14H,4-5,7-13H2,1H3,(H2,18,20);1H. The van der Waals surface area contributed by atoms with Crippen LogP contribution in [0.2, 0.25) is 0 Å². The summed E-state index contributed by atoms with van der Waals surface area (Å²) in [6.45, 7) is 8.19. The molecule has 24 heavy (non-hydrogen) atoms. The van der Waals surface area contributed by atoms with Crippen LogP contribution in [0.15, 0.2) is 23.3 Å². The van der Waals surface area contributed by atoms with Crippen molar-refractivity contribution in [2.75, 3.05) is 44.3 Å². The molecular formula is C17H28IN5O. The maximum absolute atomic E-state index is 6.19. The molecule has 7 heteroatoms. The van der Waals surface area contributed by atoms with Crippen LogP contribution in [0.4, 0.5) is 5.82 Å². The molecule has 0 aliphatic carbocycles. The fourth-order valence-electron chi connectivity index (χ4n) is 3.12. The number of aromatic nitrogens is 1. The van der Waals surface area contributed by atoms with Crippen molar-refractivity contribution >= 4 is 35.8 Å². The molecule has 0 aromatic carbocycles. The van der Waals surface area contributed by atoms with Crippen LogP contribution >= 0.6 is 24.0 Å². The molecule has 1 aromatic rings. The highest BCUT2D eigenvalue weighted by Crippen LogP contribution is 2.20. The molecule has 2 saturated heterocycles. The Bertz CT molecular complexity index is 540.